The van der Waals surface area contributed by atoms with Crippen LogP contribution >= 0.6 is 15.9 Å². The zero-order valence-electron chi connectivity index (χ0n) is 14.3. The number of aryl methyl sites for hydroxylation is 1. The van der Waals surface area contributed by atoms with Gasteiger partial charge in [-0.3, -0.25) is 0 Å². The normalized spacial score (nSPS) is 10.8. The SMILES string of the molecule is C=Cc1nc(OCc2ccccc2C)c(Br)cc1N=CN(C)CC. The van der Waals surface area contributed by atoms with E-state index >= 15 is 0 Å². The van der Waals surface area contributed by atoms with Crippen molar-refractivity contribution in [3.05, 3.63) is 58.2 Å². The molecule has 2 rings (SSSR count). The Hall–Kier alpha value is -2.14. The molecule has 0 fully saturated rings. The average Bonchev–Trinajstić information content (AvgIpc) is 2.59. The highest BCUT2D eigenvalue weighted by atomic mass is 79.9. The molecule has 4 nitrogen and oxygen atoms in total. The maximum absolute atomic E-state index is 5.88. The number of pyridine rings is 1. The quantitative estimate of drug-likeness (QED) is 0.496. The molecule has 24 heavy (non-hydrogen) atoms. The van der Waals surface area contributed by atoms with E-state index in [1.807, 2.05) is 30.1 Å². The fraction of sp³-hybridized carbons (Fsp3) is 0.263. The molecule has 0 aliphatic carbocycles. The molecule has 2 aromatic rings. The Balaban J connectivity index is 2.21. The van der Waals surface area contributed by atoms with E-state index in [4.69, 9.17) is 4.74 Å². The van der Waals surface area contributed by atoms with Gasteiger partial charge >= 0.3 is 0 Å². The van der Waals surface area contributed by atoms with Gasteiger partial charge in [0.25, 0.3) is 0 Å². The smallest absolute Gasteiger partial charge is 0.229 e. The second kappa shape index (κ2) is 8.64. The van der Waals surface area contributed by atoms with Gasteiger partial charge in [-0.15, -0.1) is 0 Å². The first-order valence-electron chi connectivity index (χ1n) is 7.79. The van der Waals surface area contributed by atoms with Crippen molar-refractivity contribution in [2.45, 2.75) is 20.5 Å². The van der Waals surface area contributed by atoms with Crippen LogP contribution in [0.15, 0.2) is 46.4 Å². The summed E-state index contributed by atoms with van der Waals surface area (Å²) < 4.78 is 6.65. The number of aromatic nitrogens is 1. The summed E-state index contributed by atoms with van der Waals surface area (Å²) in [6, 6.07) is 10.0. The van der Waals surface area contributed by atoms with Crippen LogP contribution in [0.25, 0.3) is 6.08 Å². The lowest BCUT2D eigenvalue weighted by Crippen LogP contribution is -2.14. The number of benzene rings is 1. The van der Waals surface area contributed by atoms with Gasteiger partial charge in [-0.05, 0) is 53.0 Å². The Bertz CT molecular complexity index is 743. The molecule has 0 atom stereocenters. The molecular weight excluding hydrogens is 366 g/mol. The number of rotatable bonds is 7. The highest BCUT2D eigenvalue weighted by Crippen LogP contribution is 2.31. The number of hydrogen-bond donors (Lipinski definition) is 0. The second-order valence-corrected chi connectivity index (χ2v) is 6.27. The number of aliphatic imine (C=N–C) groups is 1. The topological polar surface area (TPSA) is 37.7 Å². The van der Waals surface area contributed by atoms with Crippen LogP contribution in [0, 0.1) is 6.92 Å². The Morgan fingerprint density at radius 1 is 1.38 bits per heavy atom. The maximum Gasteiger partial charge on any atom is 0.229 e. The Labute approximate surface area is 152 Å². The lowest BCUT2D eigenvalue weighted by Gasteiger charge is -2.12. The summed E-state index contributed by atoms with van der Waals surface area (Å²) >= 11 is 3.52. The van der Waals surface area contributed by atoms with E-state index in [2.05, 4.69) is 58.5 Å². The summed E-state index contributed by atoms with van der Waals surface area (Å²) in [6.07, 6.45) is 3.47. The summed E-state index contributed by atoms with van der Waals surface area (Å²) in [5, 5.41) is 0. The van der Waals surface area contributed by atoms with Crippen molar-refractivity contribution in [2.75, 3.05) is 13.6 Å². The molecule has 1 heterocycles. The van der Waals surface area contributed by atoms with Crippen LogP contribution in [0.4, 0.5) is 5.69 Å². The Kier molecular flexibility index (Phi) is 6.55. The molecule has 0 amide bonds. The molecule has 0 bridgehead atoms. The summed E-state index contributed by atoms with van der Waals surface area (Å²) in [4.78, 5) is 11.0. The Morgan fingerprint density at radius 3 is 2.79 bits per heavy atom. The van der Waals surface area contributed by atoms with Crippen molar-refractivity contribution < 1.29 is 4.74 Å². The van der Waals surface area contributed by atoms with Crippen molar-refractivity contribution in [3.8, 4) is 5.88 Å². The van der Waals surface area contributed by atoms with Gasteiger partial charge in [0.05, 0.1) is 22.2 Å². The molecule has 0 saturated carbocycles. The van der Waals surface area contributed by atoms with Gasteiger partial charge in [-0.1, -0.05) is 30.8 Å². The highest BCUT2D eigenvalue weighted by Gasteiger charge is 2.10. The molecule has 0 radical (unpaired) electrons. The van der Waals surface area contributed by atoms with Crippen molar-refractivity contribution in [3.63, 3.8) is 0 Å². The molecule has 0 aliphatic heterocycles. The second-order valence-electron chi connectivity index (χ2n) is 5.42. The molecule has 0 N–H and O–H groups in total. The molecular formula is C19H22BrN3O. The minimum Gasteiger partial charge on any atom is -0.472 e. The number of halogens is 1. The van der Waals surface area contributed by atoms with Crippen molar-refractivity contribution in [1.82, 2.24) is 9.88 Å². The van der Waals surface area contributed by atoms with Crippen LogP contribution in [0.3, 0.4) is 0 Å². The minimum atomic E-state index is 0.468. The molecule has 0 aliphatic rings. The summed E-state index contributed by atoms with van der Waals surface area (Å²) in [5.41, 5.74) is 3.78. The largest absolute Gasteiger partial charge is 0.472 e. The van der Waals surface area contributed by atoms with E-state index in [1.54, 1.807) is 12.4 Å². The van der Waals surface area contributed by atoms with E-state index in [9.17, 15) is 0 Å². The zero-order chi connectivity index (χ0) is 17.5. The summed E-state index contributed by atoms with van der Waals surface area (Å²) in [7, 11) is 1.97. The summed E-state index contributed by atoms with van der Waals surface area (Å²) in [6.45, 7) is 9.31. The standard InChI is InChI=1S/C19H22BrN3O/c1-5-17-18(21-13-23(4)6-2)11-16(20)19(22-17)24-12-15-10-8-7-9-14(15)3/h5,7-11,13H,1,6,12H2,2-4H3. The van der Waals surface area contributed by atoms with Gasteiger partial charge in [-0.25, -0.2) is 9.98 Å². The first kappa shape index (κ1) is 18.2. The first-order valence-corrected chi connectivity index (χ1v) is 8.59. The van der Waals surface area contributed by atoms with Crippen molar-refractivity contribution in [2.24, 2.45) is 4.99 Å². The van der Waals surface area contributed by atoms with Gasteiger partial charge in [0.2, 0.25) is 5.88 Å². The van der Waals surface area contributed by atoms with Crippen LogP contribution in [-0.2, 0) is 6.61 Å². The van der Waals surface area contributed by atoms with E-state index in [1.165, 1.54) is 5.56 Å². The van der Waals surface area contributed by atoms with Crippen LogP contribution in [0.5, 0.6) is 5.88 Å². The lowest BCUT2D eigenvalue weighted by atomic mass is 10.1. The maximum atomic E-state index is 5.88. The molecule has 126 valence electrons. The zero-order valence-corrected chi connectivity index (χ0v) is 15.9. The minimum absolute atomic E-state index is 0.468. The fourth-order valence-corrected chi connectivity index (χ4v) is 2.41. The third kappa shape index (κ3) is 4.68. The van der Waals surface area contributed by atoms with Gasteiger partial charge in [0.15, 0.2) is 0 Å². The van der Waals surface area contributed by atoms with E-state index < -0.39 is 0 Å². The molecule has 0 spiro atoms. The van der Waals surface area contributed by atoms with Crippen LogP contribution in [0.2, 0.25) is 0 Å². The van der Waals surface area contributed by atoms with Crippen LogP contribution < -0.4 is 4.74 Å². The number of ether oxygens (including phenoxy) is 1. The van der Waals surface area contributed by atoms with Gasteiger partial charge in [-0.2, -0.15) is 0 Å². The molecule has 1 aromatic carbocycles. The highest BCUT2D eigenvalue weighted by molar-refractivity contribution is 9.10. The van der Waals surface area contributed by atoms with Crippen LogP contribution in [-0.4, -0.2) is 29.8 Å². The molecule has 0 unspecified atom stereocenters. The van der Waals surface area contributed by atoms with E-state index in [0.29, 0.717) is 18.2 Å². The predicted octanol–water partition coefficient (Wildman–Crippen LogP) is 4.99. The fourth-order valence-electron chi connectivity index (χ4n) is 1.99. The molecule has 0 saturated heterocycles. The lowest BCUT2D eigenvalue weighted by molar-refractivity contribution is 0.291. The van der Waals surface area contributed by atoms with Crippen molar-refractivity contribution in [1.29, 1.82) is 0 Å². The summed E-state index contributed by atoms with van der Waals surface area (Å²) in [5.74, 6) is 0.538. The average molecular weight is 388 g/mol. The van der Waals surface area contributed by atoms with E-state index in [0.717, 1.165) is 22.3 Å². The number of hydrogen-bond acceptors (Lipinski definition) is 3. The van der Waals surface area contributed by atoms with E-state index in [-0.39, 0.29) is 0 Å². The van der Waals surface area contributed by atoms with Gasteiger partial charge in [0, 0.05) is 13.6 Å². The van der Waals surface area contributed by atoms with Crippen molar-refractivity contribution >= 4 is 34.0 Å². The predicted molar refractivity (Wildman–Crippen MR) is 104 cm³/mol. The molecule has 5 heteroatoms. The monoisotopic (exact) mass is 387 g/mol. The van der Waals surface area contributed by atoms with Gasteiger partial charge in [0.1, 0.15) is 6.61 Å². The van der Waals surface area contributed by atoms with Gasteiger partial charge < -0.3 is 9.64 Å². The van der Waals surface area contributed by atoms with Crippen LogP contribution in [0.1, 0.15) is 23.7 Å². The first-order chi connectivity index (χ1) is 11.5. The third-order valence-corrected chi connectivity index (χ3v) is 4.23. The third-order valence-electron chi connectivity index (χ3n) is 3.66. The number of nitrogens with zero attached hydrogens (tertiary/aromatic N) is 3. The Morgan fingerprint density at radius 2 is 2.12 bits per heavy atom. The molecule has 1 aromatic heterocycles.